The van der Waals surface area contributed by atoms with E-state index < -0.39 is 4.92 Å². The lowest BCUT2D eigenvalue weighted by Crippen LogP contribution is -2.47. The molecule has 0 N–H and O–H groups in total. The molecule has 2 aromatic heterocycles. The zero-order valence-electron chi connectivity index (χ0n) is 16.3. The Labute approximate surface area is 172 Å². The topological polar surface area (TPSA) is 107 Å². The van der Waals surface area contributed by atoms with Crippen molar-refractivity contribution < 1.29 is 14.4 Å². The first-order valence-corrected chi connectivity index (χ1v) is 9.37. The third kappa shape index (κ3) is 4.07. The highest BCUT2D eigenvalue weighted by Crippen LogP contribution is 2.36. The number of methoxy groups -OCH3 is 1. The van der Waals surface area contributed by atoms with E-state index in [9.17, 15) is 10.1 Å². The first-order chi connectivity index (χ1) is 14.7. The van der Waals surface area contributed by atoms with Gasteiger partial charge in [-0.15, -0.1) is 0 Å². The highest BCUT2D eigenvalue weighted by atomic mass is 16.6. The van der Waals surface area contributed by atoms with Crippen LogP contribution in [0, 0.1) is 10.1 Å². The molecule has 10 heteroatoms. The molecule has 0 unspecified atom stereocenters. The fraction of sp³-hybridized carbons (Fsp3) is 0.250. The molecule has 0 bridgehead atoms. The van der Waals surface area contributed by atoms with Crippen molar-refractivity contribution in [1.29, 1.82) is 0 Å². The summed E-state index contributed by atoms with van der Waals surface area (Å²) in [5.41, 5.74) is 0.826. The smallest absolute Gasteiger partial charge is 0.373 e. The van der Waals surface area contributed by atoms with Gasteiger partial charge in [-0.25, -0.2) is 4.98 Å². The highest BCUT2D eigenvalue weighted by molar-refractivity contribution is 5.64. The molecule has 1 aliphatic heterocycles. The number of anilines is 2. The Morgan fingerprint density at radius 1 is 1.00 bits per heavy atom. The lowest BCUT2D eigenvalue weighted by Gasteiger charge is -2.36. The molecule has 0 radical (unpaired) electrons. The second-order valence-corrected chi connectivity index (χ2v) is 6.57. The number of ether oxygens (including phenoxy) is 2. The van der Waals surface area contributed by atoms with Gasteiger partial charge in [-0.05, 0) is 36.4 Å². The monoisotopic (exact) mass is 408 g/mol. The van der Waals surface area contributed by atoms with Gasteiger partial charge in [-0.2, -0.15) is 4.98 Å². The number of benzene rings is 1. The molecule has 30 heavy (non-hydrogen) atoms. The first-order valence-electron chi connectivity index (χ1n) is 9.37. The summed E-state index contributed by atoms with van der Waals surface area (Å²) in [6.45, 7) is 2.56. The van der Waals surface area contributed by atoms with Crippen LogP contribution in [0.1, 0.15) is 0 Å². The minimum atomic E-state index is -0.503. The molecular weight excluding hydrogens is 388 g/mol. The van der Waals surface area contributed by atoms with Gasteiger partial charge in [-0.3, -0.25) is 15.1 Å². The summed E-state index contributed by atoms with van der Waals surface area (Å²) in [4.78, 5) is 27.5. The van der Waals surface area contributed by atoms with Crippen LogP contribution in [0.4, 0.5) is 17.2 Å². The molecule has 0 saturated carbocycles. The summed E-state index contributed by atoms with van der Waals surface area (Å²) in [6, 6.07) is 11.2. The normalized spacial score (nSPS) is 13.8. The van der Waals surface area contributed by atoms with E-state index in [0.29, 0.717) is 31.9 Å². The molecule has 1 saturated heterocycles. The van der Waals surface area contributed by atoms with Crippen molar-refractivity contribution >= 4 is 17.2 Å². The van der Waals surface area contributed by atoms with Gasteiger partial charge in [-0.1, -0.05) is 0 Å². The van der Waals surface area contributed by atoms with Gasteiger partial charge in [0.05, 0.1) is 18.2 Å². The molecular formula is C20H20N6O4. The van der Waals surface area contributed by atoms with Crippen LogP contribution in [0.2, 0.25) is 0 Å². The quantitative estimate of drug-likeness (QED) is 0.449. The molecule has 1 aliphatic rings. The van der Waals surface area contributed by atoms with Crippen LogP contribution in [0.15, 0.2) is 55.1 Å². The standard InChI is InChI=1S/C20H20N6O4/c1-29-16-6-4-15(5-7-16)24-9-11-25(12-10-24)19-18(26(27)28)20(23-14-22-19)30-17-3-2-8-21-13-17/h2-8,13-14H,9-12H2,1H3. The number of rotatable bonds is 6. The van der Waals surface area contributed by atoms with E-state index in [1.807, 2.05) is 29.2 Å². The largest absolute Gasteiger partial charge is 0.497 e. The maximum Gasteiger partial charge on any atom is 0.373 e. The fourth-order valence-corrected chi connectivity index (χ4v) is 3.31. The number of piperazine rings is 1. The Kier molecular flexibility index (Phi) is 5.55. The van der Waals surface area contributed by atoms with E-state index in [0.717, 1.165) is 11.4 Å². The van der Waals surface area contributed by atoms with Gasteiger partial charge in [0.25, 0.3) is 0 Å². The Morgan fingerprint density at radius 2 is 1.73 bits per heavy atom. The molecule has 0 aliphatic carbocycles. The predicted molar refractivity (Wildman–Crippen MR) is 110 cm³/mol. The minimum absolute atomic E-state index is 0.101. The average molecular weight is 408 g/mol. The molecule has 0 amide bonds. The molecule has 0 atom stereocenters. The highest BCUT2D eigenvalue weighted by Gasteiger charge is 2.30. The van der Waals surface area contributed by atoms with Crippen molar-refractivity contribution in [3.05, 3.63) is 65.2 Å². The maximum atomic E-state index is 11.8. The van der Waals surface area contributed by atoms with E-state index in [2.05, 4.69) is 19.9 Å². The van der Waals surface area contributed by atoms with Crippen molar-refractivity contribution in [1.82, 2.24) is 15.0 Å². The van der Waals surface area contributed by atoms with Crippen LogP contribution in [0.3, 0.4) is 0 Å². The van der Waals surface area contributed by atoms with Crippen LogP contribution >= 0.6 is 0 Å². The Morgan fingerprint density at radius 3 is 2.37 bits per heavy atom. The minimum Gasteiger partial charge on any atom is -0.497 e. The number of aromatic nitrogens is 3. The first kappa shape index (κ1) is 19.4. The zero-order chi connectivity index (χ0) is 20.9. The zero-order valence-corrected chi connectivity index (χ0v) is 16.3. The average Bonchev–Trinajstić information content (AvgIpc) is 2.79. The summed E-state index contributed by atoms with van der Waals surface area (Å²) in [6.07, 6.45) is 4.35. The molecule has 10 nitrogen and oxygen atoms in total. The second kappa shape index (κ2) is 8.60. The fourth-order valence-electron chi connectivity index (χ4n) is 3.31. The van der Waals surface area contributed by atoms with Crippen LogP contribution in [-0.2, 0) is 0 Å². The van der Waals surface area contributed by atoms with E-state index in [1.165, 1.54) is 12.5 Å². The van der Waals surface area contributed by atoms with Gasteiger partial charge in [0.15, 0.2) is 0 Å². The van der Waals surface area contributed by atoms with Crippen molar-refractivity contribution in [2.75, 3.05) is 43.1 Å². The lowest BCUT2D eigenvalue weighted by atomic mass is 10.2. The molecule has 0 spiro atoms. The number of nitrogens with zero attached hydrogens (tertiary/aromatic N) is 6. The third-order valence-corrected chi connectivity index (χ3v) is 4.82. The van der Waals surface area contributed by atoms with Crippen LogP contribution in [0.5, 0.6) is 17.4 Å². The number of hydrogen-bond acceptors (Lipinski definition) is 9. The van der Waals surface area contributed by atoms with E-state index >= 15 is 0 Å². The van der Waals surface area contributed by atoms with Crippen molar-refractivity contribution in [3.8, 4) is 17.4 Å². The van der Waals surface area contributed by atoms with Crippen LogP contribution in [0.25, 0.3) is 0 Å². The Hall–Kier alpha value is -3.95. The van der Waals surface area contributed by atoms with Crippen molar-refractivity contribution in [2.24, 2.45) is 0 Å². The van der Waals surface area contributed by atoms with Crippen LogP contribution < -0.4 is 19.3 Å². The number of pyridine rings is 1. The Balaban J connectivity index is 1.52. The summed E-state index contributed by atoms with van der Waals surface area (Å²) < 4.78 is 10.8. The molecule has 3 heterocycles. The summed E-state index contributed by atoms with van der Waals surface area (Å²) >= 11 is 0. The SMILES string of the molecule is COc1ccc(N2CCN(c3ncnc(Oc4cccnc4)c3[N+](=O)[O-])CC2)cc1. The summed E-state index contributed by atoms with van der Waals surface area (Å²) in [5, 5.41) is 11.8. The van der Waals surface area contributed by atoms with Gasteiger partial charge >= 0.3 is 11.6 Å². The second-order valence-electron chi connectivity index (χ2n) is 6.57. The number of hydrogen-bond donors (Lipinski definition) is 0. The van der Waals surface area contributed by atoms with Crippen molar-refractivity contribution in [2.45, 2.75) is 0 Å². The summed E-state index contributed by atoms with van der Waals surface area (Å²) in [5.74, 6) is 1.32. The third-order valence-electron chi connectivity index (χ3n) is 4.82. The van der Waals surface area contributed by atoms with Crippen LogP contribution in [-0.4, -0.2) is 53.2 Å². The van der Waals surface area contributed by atoms with Gasteiger partial charge < -0.3 is 19.3 Å². The number of nitro groups is 1. The Bertz CT molecular complexity index is 1010. The van der Waals surface area contributed by atoms with Gasteiger partial charge in [0.1, 0.15) is 17.8 Å². The predicted octanol–water partition coefficient (Wildman–Crippen LogP) is 2.91. The van der Waals surface area contributed by atoms with Gasteiger partial charge in [0, 0.05) is 38.1 Å². The molecule has 1 fully saturated rings. The molecule has 3 aromatic rings. The molecule has 1 aromatic carbocycles. The van der Waals surface area contributed by atoms with Gasteiger partial charge in [0.2, 0.25) is 5.82 Å². The molecule has 154 valence electrons. The van der Waals surface area contributed by atoms with E-state index in [-0.39, 0.29) is 17.4 Å². The van der Waals surface area contributed by atoms with E-state index in [4.69, 9.17) is 9.47 Å². The maximum absolute atomic E-state index is 11.8. The molecule has 4 rings (SSSR count). The summed E-state index contributed by atoms with van der Waals surface area (Å²) in [7, 11) is 1.63. The van der Waals surface area contributed by atoms with E-state index in [1.54, 1.807) is 25.4 Å². The lowest BCUT2D eigenvalue weighted by molar-refractivity contribution is -0.385. The van der Waals surface area contributed by atoms with Crippen molar-refractivity contribution in [3.63, 3.8) is 0 Å².